The van der Waals surface area contributed by atoms with Gasteiger partial charge in [0.1, 0.15) is 0 Å². The number of rotatable bonds is 2. The van der Waals surface area contributed by atoms with E-state index in [0.29, 0.717) is 37.4 Å². The van der Waals surface area contributed by atoms with Gasteiger partial charge in [-0.25, -0.2) is 0 Å². The Morgan fingerprint density at radius 1 is 1.10 bits per heavy atom. The van der Waals surface area contributed by atoms with Crippen LogP contribution in [0.4, 0.5) is 5.69 Å². The van der Waals surface area contributed by atoms with Crippen molar-refractivity contribution >= 4 is 33.4 Å². The lowest BCUT2D eigenvalue weighted by Gasteiger charge is -2.35. The van der Waals surface area contributed by atoms with Crippen LogP contribution in [-0.2, 0) is 4.79 Å². The van der Waals surface area contributed by atoms with Crippen molar-refractivity contribution in [3.8, 4) is 0 Å². The molecule has 0 radical (unpaired) electrons. The van der Waals surface area contributed by atoms with Crippen molar-refractivity contribution in [2.45, 2.75) is 12.8 Å². The number of anilines is 1. The highest BCUT2D eigenvalue weighted by Gasteiger charge is 2.35. The number of nitrogens with zero attached hydrogens (tertiary/aromatic N) is 2. The molecule has 1 aliphatic carbocycles. The highest BCUT2D eigenvalue weighted by atomic mass is 79.9. The zero-order valence-electron chi connectivity index (χ0n) is 11.7. The minimum absolute atomic E-state index is 0.0627. The Kier molecular flexibility index (Phi) is 3.89. The fourth-order valence-electron chi connectivity index (χ4n) is 2.60. The summed E-state index contributed by atoms with van der Waals surface area (Å²) in [4.78, 5) is 28.2. The van der Waals surface area contributed by atoms with Gasteiger partial charge in [-0.05, 0) is 31.0 Å². The van der Waals surface area contributed by atoms with Gasteiger partial charge in [0.25, 0.3) is 5.91 Å². The number of halogens is 1. The van der Waals surface area contributed by atoms with Gasteiger partial charge in [0.15, 0.2) is 0 Å². The van der Waals surface area contributed by atoms with Gasteiger partial charge in [0, 0.05) is 42.3 Å². The number of hydrogen-bond donors (Lipinski definition) is 1. The monoisotopic (exact) mass is 351 g/mol. The van der Waals surface area contributed by atoms with Gasteiger partial charge in [0.05, 0.1) is 5.56 Å². The van der Waals surface area contributed by atoms with Crippen LogP contribution in [0, 0.1) is 5.92 Å². The van der Waals surface area contributed by atoms with E-state index >= 15 is 0 Å². The Hall–Kier alpha value is -1.56. The van der Waals surface area contributed by atoms with Crippen molar-refractivity contribution in [3.05, 3.63) is 28.2 Å². The Balaban J connectivity index is 1.64. The number of piperazine rings is 1. The number of hydrogen-bond acceptors (Lipinski definition) is 3. The van der Waals surface area contributed by atoms with Crippen molar-refractivity contribution < 1.29 is 9.59 Å². The Morgan fingerprint density at radius 2 is 1.71 bits per heavy atom. The Morgan fingerprint density at radius 3 is 2.33 bits per heavy atom. The molecule has 2 amide bonds. The van der Waals surface area contributed by atoms with Gasteiger partial charge in [-0.15, -0.1) is 0 Å². The molecular weight excluding hydrogens is 334 g/mol. The first kappa shape index (κ1) is 14.4. The van der Waals surface area contributed by atoms with E-state index in [9.17, 15) is 9.59 Å². The SMILES string of the molecule is Nc1ccc(Br)cc1C(=O)N1CCN(C(=O)C2CC2)CC1. The number of nitrogen functional groups attached to an aromatic ring is 1. The number of carbonyl (C=O) groups is 2. The summed E-state index contributed by atoms with van der Waals surface area (Å²) >= 11 is 3.36. The summed E-state index contributed by atoms with van der Waals surface area (Å²) in [5.41, 5.74) is 6.89. The Labute approximate surface area is 132 Å². The molecule has 0 bridgehead atoms. The lowest BCUT2D eigenvalue weighted by molar-refractivity contribution is -0.134. The molecule has 6 heteroatoms. The maximum absolute atomic E-state index is 12.5. The smallest absolute Gasteiger partial charge is 0.256 e. The van der Waals surface area contributed by atoms with Crippen LogP contribution in [0.1, 0.15) is 23.2 Å². The molecule has 5 nitrogen and oxygen atoms in total. The maximum Gasteiger partial charge on any atom is 0.256 e. The quantitative estimate of drug-likeness (QED) is 0.825. The largest absolute Gasteiger partial charge is 0.398 e. The van der Waals surface area contributed by atoms with Crippen LogP contribution < -0.4 is 5.73 Å². The minimum Gasteiger partial charge on any atom is -0.398 e. The van der Waals surface area contributed by atoms with E-state index < -0.39 is 0 Å². The third kappa shape index (κ3) is 3.05. The average Bonchev–Trinajstić information content (AvgIpc) is 3.33. The average molecular weight is 352 g/mol. The molecule has 0 spiro atoms. The van der Waals surface area contributed by atoms with Crippen LogP contribution in [0.25, 0.3) is 0 Å². The van der Waals surface area contributed by atoms with Gasteiger partial charge in [-0.1, -0.05) is 15.9 Å². The van der Waals surface area contributed by atoms with Gasteiger partial charge in [-0.3, -0.25) is 9.59 Å². The van der Waals surface area contributed by atoms with Crippen molar-refractivity contribution in [2.75, 3.05) is 31.9 Å². The molecule has 1 saturated carbocycles. The fourth-order valence-corrected chi connectivity index (χ4v) is 2.96. The molecule has 3 rings (SSSR count). The zero-order valence-corrected chi connectivity index (χ0v) is 13.3. The Bertz CT molecular complexity index is 578. The van der Waals surface area contributed by atoms with Crippen LogP contribution in [0.5, 0.6) is 0 Å². The molecule has 0 atom stereocenters. The maximum atomic E-state index is 12.5. The summed E-state index contributed by atoms with van der Waals surface area (Å²) in [5, 5.41) is 0. The van der Waals surface area contributed by atoms with Gasteiger partial charge in [-0.2, -0.15) is 0 Å². The van der Waals surface area contributed by atoms with E-state index in [1.165, 1.54) is 0 Å². The number of benzene rings is 1. The second-order valence-electron chi connectivity index (χ2n) is 5.62. The zero-order chi connectivity index (χ0) is 15.0. The highest BCUT2D eigenvalue weighted by molar-refractivity contribution is 9.10. The normalized spacial score (nSPS) is 18.7. The molecule has 0 aromatic heterocycles. The number of carbonyl (C=O) groups excluding carboxylic acids is 2. The summed E-state index contributed by atoms with van der Waals surface area (Å²) in [6, 6.07) is 5.29. The number of amides is 2. The van der Waals surface area contributed by atoms with Crippen LogP contribution in [0.2, 0.25) is 0 Å². The van der Waals surface area contributed by atoms with E-state index in [1.807, 2.05) is 11.0 Å². The first-order valence-corrected chi connectivity index (χ1v) is 7.98. The first-order valence-electron chi connectivity index (χ1n) is 7.19. The predicted molar refractivity (Wildman–Crippen MR) is 83.8 cm³/mol. The summed E-state index contributed by atoms with van der Waals surface area (Å²) < 4.78 is 0.836. The highest BCUT2D eigenvalue weighted by Crippen LogP contribution is 2.31. The molecule has 1 aromatic carbocycles. The molecule has 0 unspecified atom stereocenters. The second kappa shape index (κ2) is 5.67. The standard InChI is InChI=1S/C15H18BrN3O2/c16-11-3-4-13(17)12(9-11)15(21)19-7-5-18(6-8-19)14(20)10-1-2-10/h3-4,9-10H,1-2,5-8,17H2. The van der Waals surface area contributed by atoms with Crippen molar-refractivity contribution in [2.24, 2.45) is 5.92 Å². The van der Waals surface area contributed by atoms with Gasteiger partial charge < -0.3 is 15.5 Å². The van der Waals surface area contributed by atoms with Crippen LogP contribution >= 0.6 is 15.9 Å². The molecule has 21 heavy (non-hydrogen) atoms. The third-order valence-corrected chi connectivity index (χ3v) is 4.54. The van der Waals surface area contributed by atoms with Crippen molar-refractivity contribution in [1.82, 2.24) is 9.80 Å². The molecule has 1 aromatic rings. The summed E-state index contributed by atoms with van der Waals surface area (Å²) in [7, 11) is 0. The first-order chi connectivity index (χ1) is 10.1. The molecule has 1 aliphatic heterocycles. The molecular formula is C15H18BrN3O2. The van der Waals surface area contributed by atoms with Gasteiger partial charge >= 0.3 is 0 Å². The van der Waals surface area contributed by atoms with Crippen molar-refractivity contribution in [3.63, 3.8) is 0 Å². The van der Waals surface area contributed by atoms with Crippen molar-refractivity contribution in [1.29, 1.82) is 0 Å². The van der Waals surface area contributed by atoms with E-state index in [1.54, 1.807) is 17.0 Å². The number of nitrogens with two attached hydrogens (primary N) is 1. The molecule has 2 fully saturated rings. The molecule has 2 N–H and O–H groups in total. The fraction of sp³-hybridized carbons (Fsp3) is 0.467. The van der Waals surface area contributed by atoms with Crippen LogP contribution in [0.3, 0.4) is 0 Å². The molecule has 1 saturated heterocycles. The van der Waals surface area contributed by atoms with E-state index in [2.05, 4.69) is 15.9 Å². The summed E-state index contributed by atoms with van der Waals surface area (Å²) in [6.07, 6.45) is 2.04. The van der Waals surface area contributed by atoms with Gasteiger partial charge in [0.2, 0.25) is 5.91 Å². The lowest BCUT2D eigenvalue weighted by atomic mass is 10.1. The second-order valence-corrected chi connectivity index (χ2v) is 6.54. The molecule has 112 valence electrons. The summed E-state index contributed by atoms with van der Waals surface area (Å²) in [6.45, 7) is 2.39. The topological polar surface area (TPSA) is 66.6 Å². The third-order valence-electron chi connectivity index (χ3n) is 4.05. The molecule has 2 aliphatic rings. The predicted octanol–water partition coefficient (Wildman–Crippen LogP) is 1.73. The summed E-state index contributed by atoms with van der Waals surface area (Å²) in [5.74, 6) is 0.435. The lowest BCUT2D eigenvalue weighted by Crippen LogP contribution is -2.51. The van der Waals surface area contributed by atoms with Crippen LogP contribution in [-0.4, -0.2) is 47.8 Å². The van der Waals surface area contributed by atoms with E-state index in [4.69, 9.17) is 5.73 Å². The van der Waals surface area contributed by atoms with E-state index in [-0.39, 0.29) is 17.7 Å². The molecule has 1 heterocycles. The van der Waals surface area contributed by atoms with E-state index in [0.717, 1.165) is 17.3 Å². The minimum atomic E-state index is -0.0627. The van der Waals surface area contributed by atoms with Crippen LogP contribution in [0.15, 0.2) is 22.7 Å².